The standard InChI is InChI=1S/C11H13BrP/c1-10-7-8-13(12,9-10)11-5-3-2-4-6-11/h2-6,9H,7-8H2,1H3/q+1. The molecule has 2 heteroatoms. The fourth-order valence-electron chi connectivity index (χ4n) is 1.70. The molecule has 0 spiro atoms. The van der Waals surface area contributed by atoms with Gasteiger partial charge in [0.2, 0.25) is 0 Å². The first-order chi connectivity index (χ1) is 6.21. The summed E-state index contributed by atoms with van der Waals surface area (Å²) in [6.45, 7) is 2.23. The summed E-state index contributed by atoms with van der Waals surface area (Å²) in [5.41, 5.74) is 1.54. The quantitative estimate of drug-likeness (QED) is 0.667. The van der Waals surface area contributed by atoms with Crippen LogP contribution in [0.15, 0.2) is 41.7 Å². The lowest BCUT2D eigenvalue weighted by atomic mass is 10.3. The van der Waals surface area contributed by atoms with E-state index >= 15 is 0 Å². The highest BCUT2D eigenvalue weighted by molar-refractivity contribution is 9.43. The number of hydrogen-bond acceptors (Lipinski definition) is 0. The van der Waals surface area contributed by atoms with Gasteiger partial charge in [-0.05, 0) is 24.6 Å². The van der Waals surface area contributed by atoms with Gasteiger partial charge in [0.05, 0.1) is 12.0 Å². The van der Waals surface area contributed by atoms with E-state index < -0.39 is 5.96 Å². The molecule has 13 heavy (non-hydrogen) atoms. The Hall–Kier alpha value is -0.130. The summed E-state index contributed by atoms with van der Waals surface area (Å²) in [7, 11) is 0. The molecule has 0 N–H and O–H groups in total. The van der Waals surface area contributed by atoms with Crippen LogP contribution in [-0.4, -0.2) is 6.16 Å². The fourth-order valence-corrected chi connectivity index (χ4v) is 6.70. The second kappa shape index (κ2) is 3.55. The Morgan fingerprint density at radius 2 is 1.92 bits per heavy atom. The molecule has 0 aliphatic carbocycles. The minimum atomic E-state index is -1.08. The van der Waals surface area contributed by atoms with Crippen molar-refractivity contribution >= 4 is 26.8 Å². The first-order valence-electron chi connectivity index (χ1n) is 4.52. The predicted molar refractivity (Wildman–Crippen MR) is 65.2 cm³/mol. The molecule has 2 rings (SSSR count). The maximum absolute atomic E-state index is 3.93. The van der Waals surface area contributed by atoms with Gasteiger partial charge in [0.1, 0.15) is 11.3 Å². The van der Waals surface area contributed by atoms with Crippen LogP contribution >= 0.6 is 21.5 Å². The van der Waals surface area contributed by atoms with E-state index in [-0.39, 0.29) is 0 Å². The summed E-state index contributed by atoms with van der Waals surface area (Å²) in [5, 5.41) is 1.48. The molecule has 0 aromatic heterocycles. The van der Waals surface area contributed by atoms with Crippen molar-refractivity contribution in [3.05, 3.63) is 41.7 Å². The lowest BCUT2D eigenvalue weighted by Gasteiger charge is -2.09. The molecule has 1 aliphatic heterocycles. The summed E-state index contributed by atoms with van der Waals surface area (Å²) < 4.78 is 0. The van der Waals surface area contributed by atoms with Crippen molar-refractivity contribution in [1.82, 2.24) is 0 Å². The summed E-state index contributed by atoms with van der Waals surface area (Å²) in [4.78, 5) is 0. The molecule has 1 aromatic rings. The minimum Gasteiger partial charge on any atom is -0.0620 e. The zero-order chi connectivity index (χ0) is 9.31. The molecule has 0 amide bonds. The van der Waals surface area contributed by atoms with E-state index in [0.29, 0.717) is 0 Å². The molecule has 0 radical (unpaired) electrons. The van der Waals surface area contributed by atoms with E-state index in [4.69, 9.17) is 0 Å². The van der Waals surface area contributed by atoms with Gasteiger partial charge in [-0.1, -0.05) is 18.2 Å². The average molecular weight is 256 g/mol. The highest BCUT2D eigenvalue weighted by atomic mass is 79.9. The van der Waals surface area contributed by atoms with Crippen molar-refractivity contribution in [1.29, 1.82) is 0 Å². The predicted octanol–water partition coefficient (Wildman–Crippen LogP) is 3.95. The maximum atomic E-state index is 3.93. The molecule has 0 saturated carbocycles. The van der Waals surface area contributed by atoms with Crippen molar-refractivity contribution in [2.24, 2.45) is 0 Å². The van der Waals surface area contributed by atoms with Crippen LogP contribution in [0.1, 0.15) is 13.3 Å². The molecule has 0 bridgehead atoms. The van der Waals surface area contributed by atoms with Crippen LogP contribution in [0.4, 0.5) is 0 Å². The van der Waals surface area contributed by atoms with Crippen LogP contribution in [-0.2, 0) is 0 Å². The normalized spacial score (nSPS) is 27.4. The van der Waals surface area contributed by atoms with Crippen molar-refractivity contribution in [3.8, 4) is 0 Å². The molecular formula is C11H13BrP+. The molecule has 68 valence electrons. The molecule has 0 saturated heterocycles. The Balaban J connectivity index is 2.37. The Bertz CT molecular complexity index is 331. The zero-order valence-corrected chi connectivity index (χ0v) is 10.2. The van der Waals surface area contributed by atoms with Crippen LogP contribution in [0.3, 0.4) is 0 Å². The van der Waals surface area contributed by atoms with Gasteiger partial charge in [0, 0.05) is 6.42 Å². The molecule has 1 atom stereocenters. The number of halogens is 1. The maximum Gasteiger partial charge on any atom is 0.150 e. The topological polar surface area (TPSA) is 0 Å². The molecule has 1 aliphatic rings. The highest BCUT2D eigenvalue weighted by Gasteiger charge is 2.39. The largest absolute Gasteiger partial charge is 0.150 e. The number of rotatable bonds is 1. The lowest BCUT2D eigenvalue weighted by Crippen LogP contribution is -2.03. The van der Waals surface area contributed by atoms with Gasteiger partial charge >= 0.3 is 0 Å². The van der Waals surface area contributed by atoms with Gasteiger partial charge in [-0.3, -0.25) is 0 Å². The Kier molecular flexibility index (Phi) is 2.58. The second-order valence-corrected chi connectivity index (χ2v) is 10.1. The van der Waals surface area contributed by atoms with Gasteiger partial charge in [0.25, 0.3) is 0 Å². The highest BCUT2D eigenvalue weighted by Crippen LogP contribution is 2.70. The van der Waals surface area contributed by atoms with Crippen molar-refractivity contribution in [3.63, 3.8) is 0 Å². The van der Waals surface area contributed by atoms with Gasteiger partial charge in [-0.15, -0.1) is 0 Å². The van der Waals surface area contributed by atoms with E-state index in [1.165, 1.54) is 23.5 Å². The van der Waals surface area contributed by atoms with E-state index in [2.05, 4.69) is 58.6 Å². The SMILES string of the molecule is CC1=C[P+](Br)(c2ccccc2)CC1. The molecular weight excluding hydrogens is 243 g/mol. The van der Waals surface area contributed by atoms with Gasteiger partial charge in [-0.2, -0.15) is 0 Å². The van der Waals surface area contributed by atoms with E-state index in [1.807, 2.05) is 0 Å². The van der Waals surface area contributed by atoms with Crippen LogP contribution in [0.5, 0.6) is 0 Å². The third-order valence-corrected chi connectivity index (χ3v) is 8.23. The van der Waals surface area contributed by atoms with Crippen molar-refractivity contribution < 1.29 is 0 Å². The number of allylic oxidation sites excluding steroid dienone is 1. The molecule has 1 heterocycles. The van der Waals surface area contributed by atoms with E-state index in [0.717, 1.165) is 0 Å². The third-order valence-electron chi connectivity index (χ3n) is 2.44. The summed E-state index contributed by atoms with van der Waals surface area (Å²) in [6.07, 6.45) is 2.55. The lowest BCUT2D eigenvalue weighted by molar-refractivity contribution is 1.14. The molecule has 1 unspecified atom stereocenters. The van der Waals surface area contributed by atoms with Crippen molar-refractivity contribution in [2.45, 2.75) is 13.3 Å². The second-order valence-electron chi connectivity index (χ2n) is 3.56. The van der Waals surface area contributed by atoms with Crippen LogP contribution < -0.4 is 5.30 Å². The minimum absolute atomic E-state index is 1.08. The first kappa shape index (κ1) is 9.43. The zero-order valence-electron chi connectivity index (χ0n) is 7.70. The molecule has 0 fully saturated rings. The van der Waals surface area contributed by atoms with Crippen LogP contribution in [0.2, 0.25) is 0 Å². The van der Waals surface area contributed by atoms with Gasteiger partial charge in [0.15, 0.2) is 15.5 Å². The Labute approximate surface area is 88.1 Å². The smallest absolute Gasteiger partial charge is 0.0620 e. The van der Waals surface area contributed by atoms with Crippen LogP contribution in [0.25, 0.3) is 0 Å². The third kappa shape index (κ3) is 1.87. The molecule has 0 nitrogen and oxygen atoms in total. The van der Waals surface area contributed by atoms with E-state index in [1.54, 1.807) is 0 Å². The monoisotopic (exact) mass is 255 g/mol. The first-order valence-corrected chi connectivity index (χ1v) is 8.58. The van der Waals surface area contributed by atoms with Crippen molar-refractivity contribution in [2.75, 3.05) is 6.16 Å². The summed E-state index contributed by atoms with van der Waals surface area (Å²) in [5.74, 6) is 1.37. The number of benzene rings is 1. The van der Waals surface area contributed by atoms with Gasteiger partial charge in [-0.25, -0.2) is 0 Å². The van der Waals surface area contributed by atoms with Crippen LogP contribution in [0, 0.1) is 0 Å². The van der Waals surface area contributed by atoms with E-state index in [9.17, 15) is 0 Å². The fraction of sp³-hybridized carbons (Fsp3) is 0.273. The van der Waals surface area contributed by atoms with Gasteiger partial charge < -0.3 is 0 Å². The number of hydrogen-bond donors (Lipinski definition) is 0. The Morgan fingerprint density at radius 1 is 1.23 bits per heavy atom. The Morgan fingerprint density at radius 3 is 2.46 bits per heavy atom. The summed E-state index contributed by atoms with van der Waals surface area (Å²) in [6, 6.07) is 10.8. The summed E-state index contributed by atoms with van der Waals surface area (Å²) >= 11 is 3.93. The molecule has 1 aromatic carbocycles. The average Bonchev–Trinajstić information content (AvgIpc) is 2.49.